The predicted octanol–water partition coefficient (Wildman–Crippen LogP) is 5.49. The molecule has 2 amide bonds. The first kappa shape index (κ1) is 26.8. The highest BCUT2D eigenvalue weighted by Crippen LogP contribution is 2.43. The van der Waals surface area contributed by atoms with Crippen LogP contribution in [0.15, 0.2) is 67.1 Å². The highest BCUT2D eigenvalue weighted by Gasteiger charge is 2.39. The molecule has 2 atom stereocenters. The van der Waals surface area contributed by atoms with Crippen LogP contribution in [0.1, 0.15) is 68.6 Å². The molecule has 3 heterocycles. The van der Waals surface area contributed by atoms with Crippen LogP contribution >= 0.6 is 0 Å². The summed E-state index contributed by atoms with van der Waals surface area (Å²) in [6.45, 7) is 0.425. The summed E-state index contributed by atoms with van der Waals surface area (Å²) in [7, 11) is 0. The van der Waals surface area contributed by atoms with Crippen molar-refractivity contribution in [3.63, 3.8) is 0 Å². The number of carbonyl (C=O) groups is 2. The number of piperidine rings is 1. The van der Waals surface area contributed by atoms with E-state index in [1.807, 2.05) is 6.07 Å². The standard InChI is InChI=1S/C30H25F4N5O2/c31-20-7-5-18(6-8-20)22-16-39(13-9-24(22)38-28(40)27-23(30(32,33)34)2-1-10-36-27)29(41)19-14-21(17-3-4-17)26-25(15-19)35-11-12-37-26/h1-2,5-8,10-12,14-15,17,22,24H,3-4,9,13,16H2,(H,38,40)/t22-,24-/m1/s1. The molecule has 1 aliphatic heterocycles. The van der Waals surface area contributed by atoms with Crippen molar-refractivity contribution in [2.24, 2.45) is 0 Å². The number of fused-ring (bicyclic) bond motifs is 1. The van der Waals surface area contributed by atoms with Crippen LogP contribution in [0.2, 0.25) is 0 Å². The molecule has 7 nitrogen and oxygen atoms in total. The molecule has 2 fully saturated rings. The predicted molar refractivity (Wildman–Crippen MR) is 142 cm³/mol. The third-order valence-electron chi connectivity index (χ3n) is 7.71. The Balaban J connectivity index is 1.29. The zero-order chi connectivity index (χ0) is 28.7. The van der Waals surface area contributed by atoms with Crippen molar-refractivity contribution < 1.29 is 27.2 Å². The van der Waals surface area contributed by atoms with Gasteiger partial charge in [-0.2, -0.15) is 13.2 Å². The maximum atomic E-state index is 13.8. The van der Waals surface area contributed by atoms with Gasteiger partial charge in [0.2, 0.25) is 0 Å². The minimum atomic E-state index is -4.75. The van der Waals surface area contributed by atoms with Crippen LogP contribution < -0.4 is 5.32 Å². The molecule has 11 heteroatoms. The van der Waals surface area contributed by atoms with Gasteiger partial charge >= 0.3 is 6.18 Å². The average Bonchev–Trinajstić information content (AvgIpc) is 3.82. The average molecular weight is 564 g/mol. The molecule has 41 heavy (non-hydrogen) atoms. The summed E-state index contributed by atoms with van der Waals surface area (Å²) in [6.07, 6.45) is 1.91. The van der Waals surface area contributed by atoms with Gasteiger partial charge in [-0.25, -0.2) is 4.39 Å². The lowest BCUT2D eigenvalue weighted by atomic mass is 9.85. The van der Waals surface area contributed by atoms with Gasteiger partial charge in [0.15, 0.2) is 0 Å². The van der Waals surface area contributed by atoms with Crippen LogP contribution in [0.25, 0.3) is 11.0 Å². The quantitative estimate of drug-likeness (QED) is 0.325. The van der Waals surface area contributed by atoms with Crippen LogP contribution in [-0.2, 0) is 6.18 Å². The highest BCUT2D eigenvalue weighted by atomic mass is 19.4. The Labute approximate surface area is 232 Å². The molecule has 1 N–H and O–H groups in total. The summed E-state index contributed by atoms with van der Waals surface area (Å²) in [5, 5.41) is 2.72. The first-order valence-electron chi connectivity index (χ1n) is 13.3. The molecule has 2 aromatic carbocycles. The number of carbonyl (C=O) groups excluding carboxylic acids is 2. The largest absolute Gasteiger partial charge is 0.418 e. The van der Waals surface area contributed by atoms with Crippen LogP contribution in [0, 0.1) is 5.82 Å². The number of likely N-dealkylation sites (tertiary alicyclic amines) is 1. The number of benzene rings is 2. The van der Waals surface area contributed by atoms with Crippen molar-refractivity contribution >= 4 is 22.8 Å². The molecule has 1 aliphatic carbocycles. The Bertz CT molecular complexity index is 1620. The molecule has 4 aromatic rings. The van der Waals surface area contributed by atoms with E-state index in [0.717, 1.165) is 42.3 Å². The van der Waals surface area contributed by atoms with Crippen LogP contribution in [-0.4, -0.2) is 50.8 Å². The molecular weight excluding hydrogens is 538 g/mol. The number of hydrogen-bond acceptors (Lipinski definition) is 5. The molecule has 210 valence electrons. The van der Waals surface area contributed by atoms with Crippen LogP contribution in [0.5, 0.6) is 0 Å². The second-order valence-corrected chi connectivity index (χ2v) is 10.4. The lowest BCUT2D eigenvalue weighted by molar-refractivity contribution is -0.138. The van der Waals surface area contributed by atoms with Gasteiger partial charge in [-0.3, -0.25) is 24.5 Å². The van der Waals surface area contributed by atoms with Crippen molar-refractivity contribution in [1.82, 2.24) is 25.2 Å². The van der Waals surface area contributed by atoms with E-state index in [1.165, 1.54) is 12.1 Å². The number of pyridine rings is 1. The van der Waals surface area contributed by atoms with Gasteiger partial charge in [0.1, 0.15) is 11.5 Å². The number of aromatic nitrogens is 3. The summed E-state index contributed by atoms with van der Waals surface area (Å²) >= 11 is 0. The molecular formula is C30H25F4N5O2. The Kier molecular flexibility index (Phi) is 6.88. The Morgan fingerprint density at radius 3 is 2.41 bits per heavy atom. The summed E-state index contributed by atoms with van der Waals surface area (Å²) in [5.41, 5.74) is 1.68. The molecule has 2 aliphatic rings. The fraction of sp³-hybridized carbons (Fsp3) is 0.300. The minimum absolute atomic E-state index is 0.168. The molecule has 0 bridgehead atoms. The number of alkyl halides is 3. The van der Waals surface area contributed by atoms with E-state index in [9.17, 15) is 27.2 Å². The monoisotopic (exact) mass is 563 g/mol. The fourth-order valence-corrected chi connectivity index (χ4v) is 5.52. The van der Waals surface area contributed by atoms with Crippen molar-refractivity contribution in [3.05, 3.63) is 101 Å². The molecule has 1 saturated heterocycles. The van der Waals surface area contributed by atoms with Crippen molar-refractivity contribution in [2.45, 2.75) is 43.3 Å². The highest BCUT2D eigenvalue weighted by molar-refractivity contribution is 5.98. The van der Waals surface area contributed by atoms with E-state index in [0.29, 0.717) is 22.6 Å². The number of nitrogens with zero attached hydrogens (tertiary/aromatic N) is 4. The lowest BCUT2D eigenvalue weighted by Crippen LogP contribution is -2.51. The maximum absolute atomic E-state index is 13.8. The molecule has 6 rings (SSSR count). The van der Waals surface area contributed by atoms with Crippen molar-refractivity contribution in [2.75, 3.05) is 13.1 Å². The SMILES string of the molecule is O=C(N[C@@H]1CCN(C(=O)c2cc(C3CC3)c3nccnc3c2)C[C@@H]1c1ccc(F)cc1)c1ncccc1C(F)(F)F. The van der Waals surface area contributed by atoms with E-state index in [-0.39, 0.29) is 25.4 Å². The van der Waals surface area contributed by atoms with Crippen molar-refractivity contribution in [1.29, 1.82) is 0 Å². The number of nitrogens with one attached hydrogen (secondary N) is 1. The maximum Gasteiger partial charge on any atom is 0.418 e. The zero-order valence-corrected chi connectivity index (χ0v) is 21.7. The summed E-state index contributed by atoms with van der Waals surface area (Å²) < 4.78 is 54.4. The fourth-order valence-electron chi connectivity index (χ4n) is 5.52. The summed E-state index contributed by atoms with van der Waals surface area (Å²) in [4.78, 5) is 41.1. The van der Waals surface area contributed by atoms with Crippen molar-refractivity contribution in [3.8, 4) is 0 Å². The van der Waals surface area contributed by atoms with Gasteiger partial charge in [-0.15, -0.1) is 0 Å². The molecule has 0 spiro atoms. The Morgan fingerprint density at radius 2 is 1.68 bits per heavy atom. The number of amides is 2. The number of rotatable bonds is 5. The smallest absolute Gasteiger partial charge is 0.347 e. The summed E-state index contributed by atoms with van der Waals surface area (Å²) in [5.74, 6) is -1.80. The van der Waals surface area contributed by atoms with Gasteiger partial charge in [-0.05, 0) is 72.7 Å². The van der Waals surface area contributed by atoms with E-state index >= 15 is 0 Å². The Hall–Kier alpha value is -4.41. The third kappa shape index (κ3) is 5.48. The van der Waals surface area contributed by atoms with E-state index in [4.69, 9.17) is 0 Å². The van der Waals surface area contributed by atoms with Gasteiger partial charge in [0, 0.05) is 49.2 Å². The minimum Gasteiger partial charge on any atom is -0.347 e. The molecule has 0 unspecified atom stereocenters. The van der Waals surface area contributed by atoms with Crippen LogP contribution in [0.4, 0.5) is 17.6 Å². The van der Waals surface area contributed by atoms with Gasteiger partial charge in [-0.1, -0.05) is 12.1 Å². The first-order chi connectivity index (χ1) is 19.7. The first-order valence-corrected chi connectivity index (χ1v) is 13.3. The second-order valence-electron chi connectivity index (χ2n) is 10.4. The molecule has 1 saturated carbocycles. The zero-order valence-electron chi connectivity index (χ0n) is 21.7. The number of halogens is 4. The topological polar surface area (TPSA) is 88.1 Å². The number of hydrogen-bond donors (Lipinski definition) is 1. The normalized spacial score (nSPS) is 19.3. The van der Waals surface area contributed by atoms with Gasteiger partial charge in [0.25, 0.3) is 11.8 Å². The van der Waals surface area contributed by atoms with Gasteiger partial charge < -0.3 is 10.2 Å². The van der Waals surface area contributed by atoms with Crippen LogP contribution in [0.3, 0.4) is 0 Å². The molecule has 0 radical (unpaired) electrons. The third-order valence-corrected chi connectivity index (χ3v) is 7.71. The Morgan fingerprint density at radius 1 is 0.927 bits per heavy atom. The second kappa shape index (κ2) is 10.5. The van der Waals surface area contributed by atoms with E-state index in [1.54, 1.807) is 35.5 Å². The lowest BCUT2D eigenvalue weighted by Gasteiger charge is -2.39. The van der Waals surface area contributed by atoms with E-state index in [2.05, 4.69) is 20.3 Å². The van der Waals surface area contributed by atoms with Gasteiger partial charge in [0.05, 0.1) is 16.6 Å². The molecule has 2 aromatic heterocycles. The summed E-state index contributed by atoms with van der Waals surface area (Å²) in [6, 6.07) is 10.6. The van der Waals surface area contributed by atoms with E-state index < -0.39 is 41.1 Å².